The van der Waals surface area contributed by atoms with Crippen molar-refractivity contribution in [3.63, 3.8) is 0 Å². The third-order valence-corrected chi connectivity index (χ3v) is 4.57. The van der Waals surface area contributed by atoms with Crippen LogP contribution in [0.15, 0.2) is 0 Å². The topological polar surface area (TPSA) is 64.3 Å². The van der Waals surface area contributed by atoms with Gasteiger partial charge in [0, 0.05) is 24.6 Å². The maximum absolute atomic E-state index is 12.3. The van der Waals surface area contributed by atoms with Crippen LogP contribution < -0.4 is 11.1 Å². The van der Waals surface area contributed by atoms with E-state index < -0.39 is 0 Å². The van der Waals surface area contributed by atoms with Gasteiger partial charge in [-0.05, 0) is 37.5 Å². The molecule has 4 nitrogen and oxygen atoms in total. The number of rotatable bonds is 2. The predicted molar refractivity (Wildman–Crippen MR) is 71.0 cm³/mol. The molecule has 1 heterocycles. The van der Waals surface area contributed by atoms with Gasteiger partial charge in [-0.1, -0.05) is 13.8 Å². The molecule has 3 N–H and O–H groups in total. The van der Waals surface area contributed by atoms with Gasteiger partial charge in [-0.15, -0.1) is 0 Å². The summed E-state index contributed by atoms with van der Waals surface area (Å²) in [5.74, 6) is 1.27. The van der Waals surface area contributed by atoms with Gasteiger partial charge in [0.2, 0.25) is 5.91 Å². The van der Waals surface area contributed by atoms with Crippen molar-refractivity contribution in [1.82, 2.24) is 5.32 Å². The van der Waals surface area contributed by atoms with Gasteiger partial charge in [-0.3, -0.25) is 4.79 Å². The fourth-order valence-electron chi connectivity index (χ4n) is 3.05. The minimum Gasteiger partial charge on any atom is -0.381 e. The predicted octanol–water partition coefficient (Wildman–Crippen LogP) is 1.29. The largest absolute Gasteiger partial charge is 0.381 e. The van der Waals surface area contributed by atoms with Gasteiger partial charge >= 0.3 is 0 Å². The van der Waals surface area contributed by atoms with E-state index in [9.17, 15) is 4.79 Å². The number of carbonyl (C=O) groups is 1. The van der Waals surface area contributed by atoms with Crippen LogP contribution in [0, 0.1) is 17.8 Å². The summed E-state index contributed by atoms with van der Waals surface area (Å²) in [6.45, 7) is 5.82. The molecule has 0 bridgehead atoms. The Labute approximate surface area is 110 Å². The zero-order valence-electron chi connectivity index (χ0n) is 11.5. The number of carbonyl (C=O) groups excluding carboxylic acids is 1. The van der Waals surface area contributed by atoms with Crippen molar-refractivity contribution in [2.24, 2.45) is 23.5 Å². The van der Waals surface area contributed by atoms with E-state index in [1.54, 1.807) is 0 Å². The molecule has 2 fully saturated rings. The normalized spacial score (nSPS) is 41.4. The molecule has 1 amide bonds. The molecular weight excluding hydrogens is 228 g/mol. The Morgan fingerprint density at radius 1 is 1.22 bits per heavy atom. The van der Waals surface area contributed by atoms with Crippen LogP contribution in [0.4, 0.5) is 0 Å². The van der Waals surface area contributed by atoms with Crippen LogP contribution in [-0.2, 0) is 9.53 Å². The van der Waals surface area contributed by atoms with Crippen LogP contribution in [-0.4, -0.2) is 31.2 Å². The number of nitrogens with two attached hydrogens (primary N) is 1. The molecule has 0 spiro atoms. The maximum Gasteiger partial charge on any atom is 0.223 e. The Balaban J connectivity index is 1.84. The van der Waals surface area contributed by atoms with Crippen LogP contribution in [0.5, 0.6) is 0 Å². The van der Waals surface area contributed by atoms with Crippen LogP contribution in [0.25, 0.3) is 0 Å². The highest BCUT2D eigenvalue weighted by Gasteiger charge is 2.32. The van der Waals surface area contributed by atoms with E-state index in [0.717, 1.165) is 38.9 Å². The van der Waals surface area contributed by atoms with Gasteiger partial charge in [0.25, 0.3) is 0 Å². The number of hydrogen-bond donors (Lipinski definition) is 2. The van der Waals surface area contributed by atoms with E-state index in [-0.39, 0.29) is 23.9 Å². The van der Waals surface area contributed by atoms with Crippen molar-refractivity contribution in [3.8, 4) is 0 Å². The Morgan fingerprint density at radius 3 is 2.67 bits per heavy atom. The van der Waals surface area contributed by atoms with E-state index >= 15 is 0 Å². The second kappa shape index (κ2) is 6.02. The Hall–Kier alpha value is -0.610. The van der Waals surface area contributed by atoms with Crippen molar-refractivity contribution in [1.29, 1.82) is 0 Å². The molecule has 1 aliphatic carbocycles. The molecule has 0 aromatic heterocycles. The molecule has 1 aliphatic heterocycles. The summed E-state index contributed by atoms with van der Waals surface area (Å²) in [7, 11) is 0. The Morgan fingerprint density at radius 2 is 2.00 bits per heavy atom. The summed E-state index contributed by atoms with van der Waals surface area (Å²) in [6.07, 6.45) is 3.79. The number of hydrogen-bond acceptors (Lipinski definition) is 3. The lowest BCUT2D eigenvalue weighted by Crippen LogP contribution is -2.48. The fraction of sp³-hybridized carbons (Fsp3) is 0.929. The summed E-state index contributed by atoms with van der Waals surface area (Å²) >= 11 is 0. The summed E-state index contributed by atoms with van der Waals surface area (Å²) < 4.78 is 5.40. The minimum absolute atomic E-state index is 0.162. The van der Waals surface area contributed by atoms with E-state index in [1.165, 1.54) is 0 Å². The van der Waals surface area contributed by atoms with Crippen molar-refractivity contribution in [2.45, 2.75) is 51.6 Å². The molecule has 4 heteroatoms. The van der Waals surface area contributed by atoms with Crippen molar-refractivity contribution in [3.05, 3.63) is 0 Å². The first-order chi connectivity index (χ1) is 8.58. The molecule has 1 saturated carbocycles. The summed E-state index contributed by atoms with van der Waals surface area (Å²) in [5.41, 5.74) is 6.00. The average molecular weight is 254 g/mol. The zero-order chi connectivity index (χ0) is 13.1. The third-order valence-electron chi connectivity index (χ3n) is 4.57. The maximum atomic E-state index is 12.3. The molecule has 2 rings (SSSR count). The Kier molecular flexibility index (Phi) is 4.62. The van der Waals surface area contributed by atoms with E-state index in [0.29, 0.717) is 11.8 Å². The zero-order valence-corrected chi connectivity index (χ0v) is 11.5. The van der Waals surface area contributed by atoms with Crippen LogP contribution >= 0.6 is 0 Å². The highest BCUT2D eigenvalue weighted by atomic mass is 16.5. The van der Waals surface area contributed by atoms with Gasteiger partial charge in [0.05, 0.1) is 6.61 Å². The second-order valence-corrected chi connectivity index (χ2v) is 6.11. The van der Waals surface area contributed by atoms with Gasteiger partial charge < -0.3 is 15.8 Å². The second-order valence-electron chi connectivity index (χ2n) is 6.11. The molecule has 1 saturated heterocycles. The molecule has 2 aliphatic rings. The highest BCUT2D eigenvalue weighted by Crippen LogP contribution is 2.28. The molecular formula is C14H26N2O2. The number of nitrogens with one attached hydrogen (secondary N) is 1. The van der Waals surface area contributed by atoms with Crippen molar-refractivity contribution in [2.75, 3.05) is 13.2 Å². The average Bonchev–Trinajstić information content (AvgIpc) is 2.35. The number of ether oxygens (including phenoxy) is 1. The first-order valence-electron chi connectivity index (χ1n) is 7.21. The third kappa shape index (κ3) is 3.23. The van der Waals surface area contributed by atoms with Gasteiger partial charge in [0.15, 0.2) is 0 Å². The van der Waals surface area contributed by atoms with Gasteiger partial charge in [-0.25, -0.2) is 0 Å². The highest BCUT2D eigenvalue weighted by molar-refractivity contribution is 5.79. The molecule has 0 radical (unpaired) electrons. The Bertz CT molecular complexity index is 296. The fourth-order valence-corrected chi connectivity index (χ4v) is 3.05. The molecule has 5 unspecified atom stereocenters. The van der Waals surface area contributed by atoms with Gasteiger partial charge in [0.1, 0.15) is 0 Å². The van der Waals surface area contributed by atoms with Crippen LogP contribution in [0.1, 0.15) is 39.5 Å². The lowest BCUT2D eigenvalue weighted by molar-refractivity contribution is -0.128. The smallest absolute Gasteiger partial charge is 0.223 e. The van der Waals surface area contributed by atoms with Crippen molar-refractivity contribution >= 4 is 5.91 Å². The van der Waals surface area contributed by atoms with Crippen LogP contribution in [0.2, 0.25) is 0 Å². The van der Waals surface area contributed by atoms with Crippen molar-refractivity contribution < 1.29 is 9.53 Å². The molecule has 104 valence electrons. The molecule has 0 aromatic carbocycles. The van der Waals surface area contributed by atoms with E-state index in [2.05, 4.69) is 19.2 Å². The number of amides is 1. The molecule has 0 aromatic rings. The first kappa shape index (κ1) is 13.8. The quantitative estimate of drug-likeness (QED) is 0.780. The summed E-state index contributed by atoms with van der Waals surface area (Å²) in [5, 5.41) is 3.21. The SMILES string of the molecule is CC1CC(C(=O)NC2CCOCC2C)CCC1N. The lowest BCUT2D eigenvalue weighted by Gasteiger charge is -2.34. The monoisotopic (exact) mass is 254 g/mol. The summed E-state index contributed by atoms with van der Waals surface area (Å²) in [6, 6.07) is 0.563. The van der Waals surface area contributed by atoms with Crippen LogP contribution in [0.3, 0.4) is 0 Å². The van der Waals surface area contributed by atoms with E-state index in [1.807, 2.05) is 0 Å². The van der Waals surface area contributed by atoms with E-state index in [4.69, 9.17) is 10.5 Å². The minimum atomic E-state index is 0.162. The lowest BCUT2D eigenvalue weighted by atomic mass is 9.78. The first-order valence-corrected chi connectivity index (χ1v) is 7.21. The standard InChI is InChI=1S/C14H26N2O2/c1-9-7-11(3-4-12(9)15)14(17)16-13-5-6-18-8-10(13)2/h9-13H,3-8,15H2,1-2H3,(H,16,17). The van der Waals surface area contributed by atoms with Gasteiger partial charge in [-0.2, -0.15) is 0 Å². The molecule has 5 atom stereocenters. The summed E-state index contributed by atoms with van der Waals surface area (Å²) in [4.78, 5) is 12.3. The molecule has 18 heavy (non-hydrogen) atoms.